The molecule has 2 aromatic rings. The van der Waals surface area contributed by atoms with E-state index in [2.05, 4.69) is 31.9 Å². The second-order valence-corrected chi connectivity index (χ2v) is 6.20. The van der Waals surface area contributed by atoms with Gasteiger partial charge in [0.25, 0.3) is 0 Å². The Kier molecular flexibility index (Phi) is 4.49. The molecule has 0 aliphatic heterocycles. The summed E-state index contributed by atoms with van der Waals surface area (Å²) in [5.41, 5.74) is 0. The fourth-order valence-corrected chi connectivity index (χ4v) is 2.94. The van der Waals surface area contributed by atoms with Crippen molar-refractivity contribution in [2.75, 3.05) is 7.11 Å². The van der Waals surface area contributed by atoms with Gasteiger partial charge in [0.15, 0.2) is 5.06 Å². The highest BCUT2D eigenvalue weighted by molar-refractivity contribution is 9.11. The lowest BCUT2D eigenvalue weighted by atomic mass is 10.3. The summed E-state index contributed by atoms with van der Waals surface area (Å²) in [7, 11) is 1.57. The number of carboxylic acids is 1. The van der Waals surface area contributed by atoms with Gasteiger partial charge >= 0.3 is 5.97 Å². The molecule has 0 amide bonds. The van der Waals surface area contributed by atoms with E-state index in [0.29, 0.717) is 16.6 Å². The minimum Gasteiger partial charge on any atom is -0.496 e. The number of halogens is 2. The number of carboxylic acid groups (broad SMARTS) is 1. The van der Waals surface area contributed by atoms with Gasteiger partial charge in [-0.1, -0.05) is 11.3 Å². The molecule has 7 heteroatoms. The Morgan fingerprint density at radius 2 is 1.84 bits per heavy atom. The molecule has 4 nitrogen and oxygen atoms in total. The van der Waals surface area contributed by atoms with Crippen molar-refractivity contribution in [1.29, 1.82) is 0 Å². The Bertz CT molecular complexity index is 624. The third-order valence-corrected chi connectivity index (χ3v) is 4.40. The molecule has 1 aromatic heterocycles. The van der Waals surface area contributed by atoms with Gasteiger partial charge in [0, 0.05) is 0 Å². The van der Waals surface area contributed by atoms with Crippen molar-refractivity contribution in [3.63, 3.8) is 0 Å². The monoisotopic (exact) mass is 406 g/mol. The van der Waals surface area contributed by atoms with Crippen LogP contribution in [0.4, 0.5) is 0 Å². The molecule has 19 heavy (non-hydrogen) atoms. The van der Waals surface area contributed by atoms with E-state index < -0.39 is 5.97 Å². The predicted octanol–water partition coefficient (Wildman–Crippen LogP) is 4.77. The molecule has 0 fully saturated rings. The molecular formula is C12H8Br2O4S. The molecule has 1 heterocycles. The van der Waals surface area contributed by atoms with Crippen LogP contribution in [-0.2, 0) is 0 Å². The molecular weight excluding hydrogens is 400 g/mol. The zero-order chi connectivity index (χ0) is 14.0. The second kappa shape index (κ2) is 5.94. The van der Waals surface area contributed by atoms with Gasteiger partial charge in [-0.05, 0) is 56.1 Å². The second-order valence-electron chi connectivity index (χ2n) is 3.44. The topological polar surface area (TPSA) is 55.8 Å². The molecule has 0 unspecified atom stereocenters. The van der Waals surface area contributed by atoms with Crippen LogP contribution in [0.1, 0.15) is 9.67 Å². The number of methoxy groups -OCH3 is 1. The van der Waals surface area contributed by atoms with Crippen molar-refractivity contribution in [1.82, 2.24) is 0 Å². The first-order valence-corrected chi connectivity index (χ1v) is 7.45. The van der Waals surface area contributed by atoms with Crippen LogP contribution in [0.2, 0.25) is 0 Å². The fourth-order valence-electron chi connectivity index (χ4n) is 1.34. The summed E-state index contributed by atoms with van der Waals surface area (Å²) in [6.07, 6.45) is 0. The van der Waals surface area contributed by atoms with Gasteiger partial charge < -0.3 is 14.6 Å². The molecule has 0 saturated carbocycles. The number of ether oxygens (including phenoxy) is 2. The maximum absolute atomic E-state index is 10.8. The third-order valence-electron chi connectivity index (χ3n) is 2.21. The Morgan fingerprint density at radius 1 is 1.21 bits per heavy atom. The van der Waals surface area contributed by atoms with E-state index in [4.69, 9.17) is 14.6 Å². The van der Waals surface area contributed by atoms with Crippen molar-refractivity contribution in [3.8, 4) is 16.6 Å². The lowest BCUT2D eigenvalue weighted by molar-refractivity contribution is 0.0702. The van der Waals surface area contributed by atoms with E-state index in [9.17, 15) is 4.79 Å². The van der Waals surface area contributed by atoms with E-state index in [1.165, 1.54) is 6.07 Å². The molecule has 1 aromatic carbocycles. The lowest BCUT2D eigenvalue weighted by Crippen LogP contribution is -1.89. The van der Waals surface area contributed by atoms with Crippen molar-refractivity contribution >= 4 is 49.2 Å². The highest BCUT2D eigenvalue weighted by Crippen LogP contribution is 2.39. The summed E-state index contributed by atoms with van der Waals surface area (Å²) < 4.78 is 12.3. The van der Waals surface area contributed by atoms with Gasteiger partial charge in [-0.2, -0.15) is 0 Å². The summed E-state index contributed by atoms with van der Waals surface area (Å²) in [4.78, 5) is 11.0. The number of rotatable bonds is 4. The summed E-state index contributed by atoms with van der Waals surface area (Å²) >= 11 is 7.82. The van der Waals surface area contributed by atoms with E-state index in [1.807, 2.05) is 0 Å². The highest BCUT2D eigenvalue weighted by atomic mass is 79.9. The van der Waals surface area contributed by atoms with Crippen LogP contribution >= 0.6 is 43.2 Å². The van der Waals surface area contributed by atoms with Gasteiger partial charge in [-0.3, -0.25) is 0 Å². The van der Waals surface area contributed by atoms with Gasteiger partial charge in [0.05, 0.1) is 16.1 Å². The molecule has 0 spiro atoms. The van der Waals surface area contributed by atoms with Crippen LogP contribution in [0, 0.1) is 0 Å². The summed E-state index contributed by atoms with van der Waals surface area (Å²) in [5.74, 6) is 0.290. The van der Waals surface area contributed by atoms with Crippen molar-refractivity contribution in [2.45, 2.75) is 0 Å². The Labute approximate surface area is 130 Å². The van der Waals surface area contributed by atoms with Crippen LogP contribution < -0.4 is 9.47 Å². The fraction of sp³-hybridized carbons (Fsp3) is 0.0833. The Balaban J connectivity index is 2.27. The quantitative estimate of drug-likeness (QED) is 0.792. The first-order chi connectivity index (χ1) is 9.01. The zero-order valence-electron chi connectivity index (χ0n) is 9.65. The van der Waals surface area contributed by atoms with Gasteiger partial charge in [-0.25, -0.2) is 4.79 Å². The van der Waals surface area contributed by atoms with Crippen LogP contribution in [0.5, 0.6) is 16.6 Å². The molecule has 0 aliphatic rings. The van der Waals surface area contributed by atoms with Crippen molar-refractivity contribution in [3.05, 3.63) is 38.1 Å². The van der Waals surface area contributed by atoms with Crippen LogP contribution in [0.3, 0.4) is 0 Å². The van der Waals surface area contributed by atoms with E-state index in [-0.39, 0.29) is 4.88 Å². The first-order valence-electron chi connectivity index (χ1n) is 5.05. The minimum absolute atomic E-state index is 0.235. The normalized spacial score (nSPS) is 10.3. The molecule has 0 aliphatic carbocycles. The van der Waals surface area contributed by atoms with E-state index in [0.717, 1.165) is 20.3 Å². The number of carbonyl (C=O) groups is 1. The maximum Gasteiger partial charge on any atom is 0.345 e. The van der Waals surface area contributed by atoms with Crippen LogP contribution in [-0.4, -0.2) is 18.2 Å². The third kappa shape index (κ3) is 3.29. The number of hydrogen-bond acceptors (Lipinski definition) is 4. The van der Waals surface area contributed by atoms with Crippen molar-refractivity contribution in [2.24, 2.45) is 0 Å². The average Bonchev–Trinajstić information content (AvgIpc) is 2.82. The number of aromatic carboxylic acids is 1. The van der Waals surface area contributed by atoms with Gasteiger partial charge in [0.2, 0.25) is 0 Å². The molecule has 0 bridgehead atoms. The summed E-state index contributed by atoms with van der Waals surface area (Å²) in [5, 5.41) is 9.36. The SMILES string of the molecule is COc1cc(Br)c(Oc2ccc(C(=O)O)s2)cc1Br. The van der Waals surface area contributed by atoms with Crippen LogP contribution in [0.15, 0.2) is 33.2 Å². The number of thiophene rings is 1. The smallest absolute Gasteiger partial charge is 0.345 e. The number of hydrogen-bond donors (Lipinski definition) is 1. The number of benzene rings is 1. The molecule has 100 valence electrons. The lowest BCUT2D eigenvalue weighted by Gasteiger charge is -2.09. The highest BCUT2D eigenvalue weighted by Gasteiger charge is 2.12. The summed E-state index contributed by atoms with van der Waals surface area (Å²) in [6, 6.07) is 6.65. The molecule has 0 atom stereocenters. The first kappa shape index (κ1) is 14.4. The zero-order valence-corrected chi connectivity index (χ0v) is 13.6. The van der Waals surface area contributed by atoms with Gasteiger partial charge in [0.1, 0.15) is 16.4 Å². The van der Waals surface area contributed by atoms with Crippen LogP contribution in [0.25, 0.3) is 0 Å². The standard InChI is InChI=1S/C12H8Br2O4S/c1-17-8-4-7(14)9(5-6(8)13)18-11-3-2-10(19-11)12(15)16/h2-5H,1H3,(H,15,16). The molecule has 0 saturated heterocycles. The predicted molar refractivity (Wildman–Crippen MR) is 79.7 cm³/mol. The summed E-state index contributed by atoms with van der Waals surface area (Å²) in [6.45, 7) is 0. The largest absolute Gasteiger partial charge is 0.496 e. The van der Waals surface area contributed by atoms with Gasteiger partial charge in [-0.15, -0.1) is 0 Å². The average molecular weight is 408 g/mol. The molecule has 2 rings (SSSR count). The Hall–Kier alpha value is -1.05. The molecule has 1 N–H and O–H groups in total. The maximum atomic E-state index is 10.8. The molecule has 0 radical (unpaired) electrons. The minimum atomic E-state index is -0.963. The Morgan fingerprint density at radius 3 is 2.42 bits per heavy atom. The van der Waals surface area contributed by atoms with E-state index in [1.54, 1.807) is 25.3 Å². The van der Waals surface area contributed by atoms with E-state index >= 15 is 0 Å². The van der Waals surface area contributed by atoms with Crippen molar-refractivity contribution < 1.29 is 19.4 Å².